The summed E-state index contributed by atoms with van der Waals surface area (Å²) >= 11 is 0. The number of anilines is 1. The first-order valence-electron chi connectivity index (χ1n) is 7.70. The van der Waals surface area contributed by atoms with E-state index in [2.05, 4.69) is 5.10 Å². The summed E-state index contributed by atoms with van der Waals surface area (Å²) in [7, 11) is 0. The Morgan fingerprint density at radius 2 is 1.96 bits per heavy atom. The van der Waals surface area contributed by atoms with E-state index in [1.165, 1.54) is 11.1 Å². The van der Waals surface area contributed by atoms with Crippen molar-refractivity contribution in [3.8, 4) is 0 Å². The Kier molecular flexibility index (Phi) is 4.74. The zero-order chi connectivity index (χ0) is 17.8. The first kappa shape index (κ1) is 16.6. The summed E-state index contributed by atoms with van der Waals surface area (Å²) in [5.74, 6) is -1.76. The number of hydrogen-bond donors (Lipinski definition) is 1. The molecule has 1 amide bonds. The minimum atomic E-state index is -0.780. The van der Waals surface area contributed by atoms with Crippen LogP contribution in [0.25, 0.3) is 0 Å². The van der Waals surface area contributed by atoms with Crippen molar-refractivity contribution in [2.24, 2.45) is 5.10 Å². The minimum absolute atomic E-state index is 0.0177. The highest BCUT2D eigenvalue weighted by molar-refractivity contribution is 6.03. The minimum Gasteiger partial charge on any atom is -0.452 e. The number of hydrazone groups is 1. The number of carbonyl (C=O) groups excluding carboxylic acids is 2. The van der Waals surface area contributed by atoms with Crippen LogP contribution in [-0.2, 0) is 9.53 Å². The number of ether oxygens (including phenoxy) is 1. The molecule has 0 atom stereocenters. The van der Waals surface area contributed by atoms with Crippen LogP contribution >= 0.6 is 0 Å². The van der Waals surface area contributed by atoms with Crippen LogP contribution in [0.4, 0.5) is 10.1 Å². The van der Waals surface area contributed by atoms with E-state index in [9.17, 15) is 14.0 Å². The molecule has 1 aliphatic heterocycles. The summed E-state index contributed by atoms with van der Waals surface area (Å²) < 4.78 is 18.0. The largest absolute Gasteiger partial charge is 0.452 e. The fourth-order valence-electron chi connectivity index (χ4n) is 2.47. The van der Waals surface area contributed by atoms with Gasteiger partial charge < -0.3 is 10.5 Å². The highest BCUT2D eigenvalue weighted by Gasteiger charge is 2.23. The van der Waals surface area contributed by atoms with Crippen molar-refractivity contribution >= 4 is 23.3 Å². The molecular weight excluding hydrogens is 325 g/mol. The summed E-state index contributed by atoms with van der Waals surface area (Å²) in [6.45, 7) is -0.0273. The highest BCUT2D eigenvalue weighted by Crippen LogP contribution is 2.16. The van der Waals surface area contributed by atoms with Gasteiger partial charge in [0.15, 0.2) is 6.61 Å². The van der Waals surface area contributed by atoms with Crippen LogP contribution in [0, 0.1) is 5.82 Å². The fraction of sp³-hybridized carbons (Fsp3) is 0.167. The molecule has 0 aliphatic carbocycles. The average molecular weight is 341 g/mol. The van der Waals surface area contributed by atoms with Crippen molar-refractivity contribution in [3.05, 3.63) is 65.5 Å². The summed E-state index contributed by atoms with van der Waals surface area (Å²) in [5.41, 5.74) is 7.32. The van der Waals surface area contributed by atoms with Crippen LogP contribution in [0.3, 0.4) is 0 Å². The van der Waals surface area contributed by atoms with Gasteiger partial charge in [-0.15, -0.1) is 0 Å². The number of nitrogen functional groups attached to an aromatic ring is 1. The number of benzene rings is 2. The molecule has 1 heterocycles. The van der Waals surface area contributed by atoms with Gasteiger partial charge in [0.25, 0.3) is 5.91 Å². The average Bonchev–Trinajstić information content (AvgIpc) is 3.10. The van der Waals surface area contributed by atoms with E-state index in [0.29, 0.717) is 13.0 Å². The lowest BCUT2D eigenvalue weighted by molar-refractivity contribution is -0.134. The van der Waals surface area contributed by atoms with Gasteiger partial charge >= 0.3 is 5.97 Å². The van der Waals surface area contributed by atoms with Gasteiger partial charge in [-0.2, -0.15) is 5.10 Å². The maximum Gasteiger partial charge on any atom is 0.340 e. The standard InChI is InChI=1S/C18H16FN3O3/c19-13-6-7-14(15(20)10-13)18(24)25-11-17(23)22-9-8-16(21-22)12-4-2-1-3-5-12/h1-7,10H,8-9,11,20H2. The van der Waals surface area contributed by atoms with Crippen molar-refractivity contribution in [1.82, 2.24) is 5.01 Å². The number of amides is 1. The smallest absolute Gasteiger partial charge is 0.340 e. The molecular formula is C18H16FN3O3. The number of rotatable bonds is 4. The lowest BCUT2D eigenvalue weighted by Gasteiger charge is -2.12. The molecule has 0 saturated carbocycles. The van der Waals surface area contributed by atoms with E-state index in [-0.39, 0.29) is 11.3 Å². The number of halogens is 1. The van der Waals surface area contributed by atoms with E-state index in [0.717, 1.165) is 23.4 Å². The molecule has 2 N–H and O–H groups in total. The second kappa shape index (κ2) is 7.12. The van der Waals surface area contributed by atoms with Gasteiger partial charge in [0, 0.05) is 12.1 Å². The summed E-state index contributed by atoms with van der Waals surface area (Å²) in [5, 5.41) is 5.55. The molecule has 7 heteroatoms. The Morgan fingerprint density at radius 3 is 2.68 bits per heavy atom. The van der Waals surface area contributed by atoms with E-state index in [1.807, 2.05) is 30.3 Å². The zero-order valence-corrected chi connectivity index (χ0v) is 13.3. The number of carbonyl (C=O) groups is 2. The quantitative estimate of drug-likeness (QED) is 0.682. The first-order chi connectivity index (χ1) is 12.0. The van der Waals surface area contributed by atoms with Crippen LogP contribution < -0.4 is 5.73 Å². The molecule has 0 aromatic heterocycles. The van der Waals surface area contributed by atoms with Gasteiger partial charge in [-0.25, -0.2) is 14.2 Å². The van der Waals surface area contributed by atoms with Gasteiger partial charge in [-0.3, -0.25) is 4.79 Å². The maximum absolute atomic E-state index is 13.0. The molecule has 2 aromatic carbocycles. The summed E-state index contributed by atoms with van der Waals surface area (Å²) in [6, 6.07) is 12.9. The molecule has 0 fully saturated rings. The predicted octanol–water partition coefficient (Wildman–Crippen LogP) is 2.20. The van der Waals surface area contributed by atoms with Gasteiger partial charge in [0.05, 0.1) is 17.8 Å². The van der Waals surface area contributed by atoms with Crippen molar-refractivity contribution in [2.45, 2.75) is 6.42 Å². The number of nitrogens with two attached hydrogens (primary N) is 1. The van der Waals surface area contributed by atoms with Crippen molar-refractivity contribution in [2.75, 3.05) is 18.9 Å². The topological polar surface area (TPSA) is 85.0 Å². The monoisotopic (exact) mass is 341 g/mol. The fourth-order valence-corrected chi connectivity index (χ4v) is 2.47. The Morgan fingerprint density at radius 1 is 1.20 bits per heavy atom. The molecule has 0 bridgehead atoms. The lowest BCUT2D eigenvalue weighted by atomic mass is 10.1. The van der Waals surface area contributed by atoms with Crippen molar-refractivity contribution < 1.29 is 18.7 Å². The van der Waals surface area contributed by atoms with Crippen LogP contribution in [0.1, 0.15) is 22.3 Å². The first-order valence-corrected chi connectivity index (χ1v) is 7.70. The Labute approximate surface area is 143 Å². The van der Waals surface area contributed by atoms with Gasteiger partial charge in [-0.1, -0.05) is 30.3 Å². The van der Waals surface area contributed by atoms with Crippen LogP contribution in [-0.4, -0.2) is 35.7 Å². The highest BCUT2D eigenvalue weighted by atomic mass is 19.1. The van der Waals surface area contributed by atoms with E-state index in [1.54, 1.807) is 0 Å². The number of hydrogen-bond acceptors (Lipinski definition) is 5. The van der Waals surface area contributed by atoms with Crippen LogP contribution in [0.5, 0.6) is 0 Å². The molecule has 0 saturated heterocycles. The lowest BCUT2D eigenvalue weighted by Crippen LogP contribution is -2.29. The second-order valence-electron chi connectivity index (χ2n) is 5.49. The number of esters is 1. The Hall–Kier alpha value is -3.22. The number of nitrogens with zero attached hydrogens (tertiary/aromatic N) is 2. The summed E-state index contributed by atoms with van der Waals surface area (Å²) in [4.78, 5) is 24.1. The third kappa shape index (κ3) is 3.82. The molecule has 128 valence electrons. The molecule has 1 aliphatic rings. The molecule has 3 rings (SSSR count). The van der Waals surface area contributed by atoms with Crippen molar-refractivity contribution in [3.63, 3.8) is 0 Å². The molecule has 6 nitrogen and oxygen atoms in total. The van der Waals surface area contributed by atoms with E-state index >= 15 is 0 Å². The molecule has 2 aromatic rings. The van der Waals surface area contributed by atoms with E-state index < -0.39 is 24.3 Å². The Bertz CT molecular complexity index is 837. The Balaban J connectivity index is 1.60. The normalized spacial score (nSPS) is 13.5. The molecule has 0 unspecified atom stereocenters. The van der Waals surface area contributed by atoms with Crippen molar-refractivity contribution in [1.29, 1.82) is 0 Å². The predicted molar refractivity (Wildman–Crippen MR) is 90.4 cm³/mol. The third-order valence-electron chi connectivity index (χ3n) is 3.76. The second-order valence-corrected chi connectivity index (χ2v) is 5.49. The SMILES string of the molecule is Nc1cc(F)ccc1C(=O)OCC(=O)N1CCC(c2ccccc2)=N1. The van der Waals surface area contributed by atoms with Crippen LogP contribution in [0.15, 0.2) is 53.6 Å². The van der Waals surface area contributed by atoms with Gasteiger partial charge in [0.2, 0.25) is 0 Å². The molecule has 0 radical (unpaired) electrons. The van der Waals surface area contributed by atoms with Gasteiger partial charge in [0.1, 0.15) is 5.82 Å². The molecule has 25 heavy (non-hydrogen) atoms. The molecule has 0 spiro atoms. The summed E-state index contributed by atoms with van der Waals surface area (Å²) in [6.07, 6.45) is 0.634. The van der Waals surface area contributed by atoms with Crippen LogP contribution in [0.2, 0.25) is 0 Å². The maximum atomic E-state index is 13.0. The van der Waals surface area contributed by atoms with Gasteiger partial charge in [-0.05, 0) is 23.8 Å². The third-order valence-corrected chi connectivity index (χ3v) is 3.76. The zero-order valence-electron chi connectivity index (χ0n) is 13.3. The van der Waals surface area contributed by atoms with E-state index in [4.69, 9.17) is 10.5 Å².